The molecule has 6 rings (SSSR count). The molecule has 4 heterocycles. The van der Waals surface area contributed by atoms with Gasteiger partial charge in [0, 0.05) is 65.0 Å². The van der Waals surface area contributed by atoms with Gasteiger partial charge in [0.2, 0.25) is 0 Å². The Morgan fingerprint density at radius 1 is 0.978 bits per heavy atom. The summed E-state index contributed by atoms with van der Waals surface area (Å²) in [5.41, 5.74) is 0.361. The third-order valence-corrected chi connectivity index (χ3v) is 10.0. The lowest BCUT2D eigenvalue weighted by molar-refractivity contribution is 0.0130. The van der Waals surface area contributed by atoms with Gasteiger partial charge in [0.1, 0.15) is 28.9 Å². The minimum atomic E-state index is -0.469. The largest absolute Gasteiger partial charge is 0.490 e. The van der Waals surface area contributed by atoms with Crippen molar-refractivity contribution in [1.82, 2.24) is 24.7 Å². The first kappa shape index (κ1) is 32.3. The molecule has 1 aliphatic carbocycles. The van der Waals surface area contributed by atoms with Crippen LogP contribution in [0, 0.1) is 29.1 Å². The number of piperidine rings is 1. The average Bonchev–Trinajstić information content (AvgIpc) is 3.60. The van der Waals surface area contributed by atoms with Crippen LogP contribution in [-0.4, -0.2) is 107 Å². The van der Waals surface area contributed by atoms with Crippen molar-refractivity contribution >= 4 is 29.4 Å². The lowest BCUT2D eigenvalue weighted by atomic mass is 9.96. The van der Waals surface area contributed by atoms with E-state index in [2.05, 4.69) is 25.8 Å². The van der Waals surface area contributed by atoms with E-state index in [1.165, 1.54) is 0 Å². The predicted molar refractivity (Wildman–Crippen MR) is 174 cm³/mol. The van der Waals surface area contributed by atoms with Crippen molar-refractivity contribution in [2.45, 2.75) is 58.2 Å². The first-order valence-electron chi connectivity index (χ1n) is 16.5. The second-order valence-corrected chi connectivity index (χ2v) is 14.6. The van der Waals surface area contributed by atoms with E-state index in [-0.39, 0.29) is 18.1 Å². The van der Waals surface area contributed by atoms with Gasteiger partial charge < -0.3 is 24.2 Å². The second-order valence-electron chi connectivity index (χ2n) is 14.2. The number of amides is 2. The number of anilines is 1. The molecular formula is C34H44ClN7O4. The van der Waals surface area contributed by atoms with Crippen LogP contribution in [0.5, 0.6) is 5.75 Å². The number of carbonyl (C=O) groups excluding carboxylic acids is 2. The van der Waals surface area contributed by atoms with Crippen molar-refractivity contribution in [3.05, 3.63) is 46.9 Å². The Morgan fingerprint density at radius 2 is 1.67 bits per heavy atom. The molecule has 3 saturated heterocycles. The molecule has 2 amide bonds. The fourth-order valence-corrected chi connectivity index (χ4v) is 7.48. The molecule has 3 atom stereocenters. The van der Waals surface area contributed by atoms with E-state index >= 15 is 0 Å². The molecule has 1 aromatic heterocycles. The Bertz CT molecular complexity index is 1430. The van der Waals surface area contributed by atoms with Crippen LogP contribution in [0.15, 0.2) is 30.6 Å². The van der Waals surface area contributed by atoms with E-state index in [1.54, 1.807) is 30.6 Å². The number of benzene rings is 1. The number of carbonyl (C=O) groups is 2. The van der Waals surface area contributed by atoms with Crippen molar-refractivity contribution in [2.24, 2.45) is 17.8 Å². The number of hydrogen-bond acceptors (Lipinski definition) is 9. The third-order valence-electron chi connectivity index (χ3n) is 9.69. The highest BCUT2D eigenvalue weighted by molar-refractivity contribution is 6.31. The maximum Gasteiger partial charge on any atom is 0.410 e. The fraction of sp³-hybridized carbons (Fsp3) is 0.618. The molecule has 12 heteroatoms. The zero-order chi connectivity index (χ0) is 32.4. The van der Waals surface area contributed by atoms with Crippen LogP contribution in [0.4, 0.5) is 10.6 Å². The van der Waals surface area contributed by atoms with Crippen LogP contribution in [0.3, 0.4) is 0 Å². The normalized spacial score (nSPS) is 24.1. The van der Waals surface area contributed by atoms with Crippen molar-refractivity contribution in [3.63, 3.8) is 0 Å². The summed E-state index contributed by atoms with van der Waals surface area (Å²) in [7, 11) is 0. The minimum absolute atomic E-state index is 0.0599. The van der Waals surface area contributed by atoms with Crippen LogP contribution in [0.1, 0.15) is 62.5 Å². The maximum atomic E-state index is 13.3. The molecule has 1 unspecified atom stereocenters. The van der Waals surface area contributed by atoms with Gasteiger partial charge in [-0.15, -0.1) is 0 Å². The number of halogens is 1. The molecule has 0 bridgehead atoms. The summed E-state index contributed by atoms with van der Waals surface area (Å²) in [6.07, 6.45) is 7.15. The summed E-state index contributed by atoms with van der Waals surface area (Å²) >= 11 is 6.17. The summed E-state index contributed by atoms with van der Waals surface area (Å²) in [4.78, 5) is 43.3. The number of likely N-dealkylation sites (tertiary alicyclic amines) is 1. The fourth-order valence-electron chi connectivity index (χ4n) is 7.26. The molecule has 0 N–H and O–H groups in total. The van der Waals surface area contributed by atoms with Gasteiger partial charge in [-0.2, -0.15) is 5.26 Å². The van der Waals surface area contributed by atoms with Crippen LogP contribution in [-0.2, 0) is 4.74 Å². The van der Waals surface area contributed by atoms with E-state index in [0.29, 0.717) is 66.0 Å². The Hall–Kier alpha value is -3.62. The Kier molecular flexibility index (Phi) is 9.57. The monoisotopic (exact) mass is 649 g/mol. The highest BCUT2D eigenvalue weighted by atomic mass is 35.5. The summed E-state index contributed by atoms with van der Waals surface area (Å²) in [6, 6.07) is 7.24. The number of piperazine rings is 1. The standard InChI is InChI=1S/C34H44ClN7O4/c1-34(2,3)46-33(44)41-12-10-39(11-13-41)20-23-6-8-40(9-7-23)31-19-37-30(18-38-31)32(43)42-21-25-14-28(15-26(25)22-42)45-27-5-4-24(17-36)29(35)16-27/h4-5,16,18-19,23,25-26,28H,6-15,20-22H2,1-3H3/t25-,26+,28?. The zero-order valence-corrected chi connectivity index (χ0v) is 27.8. The van der Waals surface area contributed by atoms with Crippen molar-refractivity contribution in [3.8, 4) is 11.8 Å². The number of ether oxygens (including phenoxy) is 2. The molecule has 4 fully saturated rings. The summed E-state index contributed by atoms with van der Waals surface area (Å²) in [5, 5.41) is 9.49. The smallest absolute Gasteiger partial charge is 0.410 e. The molecule has 0 spiro atoms. The van der Waals surface area contributed by atoms with Gasteiger partial charge in [-0.05, 0) is 76.3 Å². The molecular weight excluding hydrogens is 606 g/mol. The predicted octanol–water partition coefficient (Wildman–Crippen LogP) is 4.70. The third kappa shape index (κ3) is 7.67. The number of fused-ring (bicyclic) bond motifs is 1. The van der Waals surface area contributed by atoms with Gasteiger partial charge >= 0.3 is 6.09 Å². The van der Waals surface area contributed by atoms with Crippen LogP contribution >= 0.6 is 11.6 Å². The number of nitriles is 1. The Labute approximate surface area is 276 Å². The highest BCUT2D eigenvalue weighted by Crippen LogP contribution is 2.40. The Balaban J connectivity index is 0.918. The van der Waals surface area contributed by atoms with Gasteiger partial charge in [-0.3, -0.25) is 9.69 Å². The highest BCUT2D eigenvalue weighted by Gasteiger charge is 2.43. The second kappa shape index (κ2) is 13.6. The van der Waals surface area contributed by atoms with Gasteiger partial charge in [0.15, 0.2) is 0 Å². The SMILES string of the molecule is CC(C)(C)OC(=O)N1CCN(CC2CCN(c3cnc(C(=O)N4C[C@H]5CC(Oc6ccc(C#N)c(Cl)c6)C[C@H]5C4)cn3)CC2)CC1. The Morgan fingerprint density at radius 3 is 2.26 bits per heavy atom. The zero-order valence-electron chi connectivity index (χ0n) is 27.0. The average molecular weight is 650 g/mol. The minimum Gasteiger partial charge on any atom is -0.490 e. The van der Waals surface area contributed by atoms with E-state index in [9.17, 15) is 9.59 Å². The maximum absolute atomic E-state index is 13.3. The molecule has 2 aromatic rings. The molecule has 1 saturated carbocycles. The topological polar surface area (TPSA) is 115 Å². The number of aromatic nitrogens is 2. The summed E-state index contributed by atoms with van der Waals surface area (Å²) in [5.74, 6) is 2.84. The van der Waals surface area contributed by atoms with Gasteiger partial charge in [-0.1, -0.05) is 11.6 Å². The van der Waals surface area contributed by atoms with Crippen molar-refractivity contribution in [1.29, 1.82) is 5.26 Å². The van der Waals surface area contributed by atoms with E-state index < -0.39 is 5.60 Å². The van der Waals surface area contributed by atoms with Crippen molar-refractivity contribution < 1.29 is 19.1 Å². The first-order chi connectivity index (χ1) is 22.0. The van der Waals surface area contributed by atoms with Gasteiger partial charge in [-0.25, -0.2) is 14.8 Å². The molecule has 246 valence electrons. The number of hydrogen-bond donors (Lipinski definition) is 0. The van der Waals surface area contributed by atoms with Crippen molar-refractivity contribution in [2.75, 3.05) is 63.8 Å². The van der Waals surface area contributed by atoms with Gasteiger partial charge in [0.05, 0.1) is 29.1 Å². The van der Waals surface area contributed by atoms with E-state index in [1.807, 2.05) is 30.6 Å². The molecule has 0 radical (unpaired) electrons. The number of nitrogens with zero attached hydrogens (tertiary/aromatic N) is 7. The molecule has 1 aromatic carbocycles. The number of rotatable bonds is 6. The summed E-state index contributed by atoms with van der Waals surface area (Å²) < 4.78 is 11.7. The quantitative estimate of drug-likeness (QED) is 0.439. The van der Waals surface area contributed by atoms with Gasteiger partial charge in [0.25, 0.3) is 5.91 Å². The molecule has 46 heavy (non-hydrogen) atoms. The lowest BCUT2D eigenvalue weighted by Crippen LogP contribution is -2.51. The lowest BCUT2D eigenvalue weighted by Gasteiger charge is -2.39. The van der Waals surface area contributed by atoms with E-state index in [4.69, 9.17) is 26.3 Å². The molecule has 4 aliphatic rings. The first-order valence-corrected chi connectivity index (χ1v) is 16.9. The van der Waals surface area contributed by atoms with Crippen LogP contribution in [0.2, 0.25) is 5.02 Å². The molecule has 3 aliphatic heterocycles. The van der Waals surface area contributed by atoms with Crippen LogP contribution in [0.25, 0.3) is 0 Å². The van der Waals surface area contributed by atoms with E-state index in [0.717, 1.165) is 64.2 Å². The molecule has 11 nitrogen and oxygen atoms in total. The van der Waals surface area contributed by atoms with Crippen LogP contribution < -0.4 is 9.64 Å². The summed E-state index contributed by atoms with van der Waals surface area (Å²) in [6.45, 7) is 13.1.